The summed E-state index contributed by atoms with van der Waals surface area (Å²) in [6, 6.07) is 5.11. The van der Waals surface area contributed by atoms with Crippen LogP contribution in [0.5, 0.6) is 0 Å². The highest BCUT2D eigenvalue weighted by Crippen LogP contribution is 2.21. The van der Waals surface area contributed by atoms with Crippen LogP contribution in [0.3, 0.4) is 0 Å². The van der Waals surface area contributed by atoms with Crippen molar-refractivity contribution >= 4 is 33.2 Å². The van der Waals surface area contributed by atoms with Gasteiger partial charge in [0.15, 0.2) is 0 Å². The van der Waals surface area contributed by atoms with Crippen molar-refractivity contribution in [2.45, 2.75) is 11.8 Å². The predicted octanol–water partition coefficient (Wildman–Crippen LogP) is 1.30. The van der Waals surface area contributed by atoms with Crippen molar-refractivity contribution in [3.05, 3.63) is 45.9 Å². The molecule has 1 N–H and O–H groups in total. The molecule has 10 heteroatoms. The molecule has 1 saturated heterocycles. The van der Waals surface area contributed by atoms with Gasteiger partial charge in [0, 0.05) is 26.2 Å². The summed E-state index contributed by atoms with van der Waals surface area (Å²) in [6.45, 7) is 2.73. The molecule has 2 aromatic rings. The first-order chi connectivity index (χ1) is 12.3. The summed E-state index contributed by atoms with van der Waals surface area (Å²) in [4.78, 5) is 29.7. The maximum Gasteiger partial charge on any atom is 0.335 e. The summed E-state index contributed by atoms with van der Waals surface area (Å²) in [5.41, 5.74) is 2.32. The number of amides is 1. The number of benzene rings is 1. The molecule has 0 atom stereocenters. The second kappa shape index (κ2) is 7.14. The second-order valence-electron chi connectivity index (χ2n) is 5.79. The topological polar surface area (TPSA) is 108 Å². The molecule has 0 bridgehead atoms. The number of aryl methyl sites for hydroxylation is 1. The standard InChI is InChI=1S/C16H17N3O5S2/c1-11-14(25-10-17-11)15(20)18-6-8-19(9-7-18)26(23,24)13-4-2-12(3-5-13)16(21)22/h2-5,10H,6-9H2,1H3,(H,21,22). The van der Waals surface area contributed by atoms with Gasteiger partial charge in [-0.2, -0.15) is 4.31 Å². The normalized spacial score (nSPS) is 15.8. The van der Waals surface area contributed by atoms with Gasteiger partial charge in [0.05, 0.1) is 21.7 Å². The fourth-order valence-corrected chi connectivity index (χ4v) is 4.89. The van der Waals surface area contributed by atoms with Crippen LogP contribution in [0.4, 0.5) is 0 Å². The molecule has 1 aliphatic heterocycles. The van der Waals surface area contributed by atoms with Crippen molar-refractivity contribution in [2.75, 3.05) is 26.2 Å². The number of thiazole rings is 1. The zero-order valence-corrected chi connectivity index (χ0v) is 15.6. The Balaban J connectivity index is 1.69. The van der Waals surface area contributed by atoms with Crippen LogP contribution in [0, 0.1) is 6.92 Å². The summed E-state index contributed by atoms with van der Waals surface area (Å²) in [7, 11) is -3.72. The summed E-state index contributed by atoms with van der Waals surface area (Å²) in [6.07, 6.45) is 0. The Morgan fingerprint density at radius 3 is 2.23 bits per heavy atom. The first-order valence-corrected chi connectivity index (χ1v) is 10.2. The Hall–Kier alpha value is -2.30. The Labute approximate surface area is 154 Å². The van der Waals surface area contributed by atoms with Crippen molar-refractivity contribution in [1.29, 1.82) is 0 Å². The van der Waals surface area contributed by atoms with Gasteiger partial charge < -0.3 is 10.0 Å². The van der Waals surface area contributed by atoms with E-state index in [2.05, 4.69) is 4.98 Å². The van der Waals surface area contributed by atoms with E-state index in [1.54, 1.807) is 17.3 Å². The van der Waals surface area contributed by atoms with Crippen LogP contribution in [0.1, 0.15) is 25.7 Å². The van der Waals surface area contributed by atoms with Gasteiger partial charge in [-0.1, -0.05) is 0 Å². The van der Waals surface area contributed by atoms with E-state index in [0.29, 0.717) is 23.7 Å². The van der Waals surface area contributed by atoms with Crippen molar-refractivity contribution in [3.8, 4) is 0 Å². The number of aromatic carboxylic acids is 1. The zero-order valence-electron chi connectivity index (χ0n) is 14.0. The fraction of sp³-hybridized carbons (Fsp3) is 0.312. The number of carboxylic acids is 1. The van der Waals surface area contributed by atoms with E-state index >= 15 is 0 Å². The SMILES string of the molecule is Cc1ncsc1C(=O)N1CCN(S(=O)(=O)c2ccc(C(=O)O)cc2)CC1. The summed E-state index contributed by atoms with van der Waals surface area (Å²) in [5.74, 6) is -1.24. The lowest BCUT2D eigenvalue weighted by molar-refractivity contribution is 0.0691. The molecular formula is C16H17N3O5S2. The van der Waals surface area contributed by atoms with E-state index in [-0.39, 0.29) is 29.5 Å². The molecule has 1 fully saturated rings. The quantitative estimate of drug-likeness (QED) is 0.836. The monoisotopic (exact) mass is 395 g/mol. The molecule has 8 nitrogen and oxygen atoms in total. The maximum absolute atomic E-state index is 12.7. The number of hydrogen-bond acceptors (Lipinski definition) is 6. The number of aromatic nitrogens is 1. The van der Waals surface area contributed by atoms with Crippen LogP contribution < -0.4 is 0 Å². The average Bonchev–Trinajstić information content (AvgIpc) is 3.07. The summed E-state index contributed by atoms with van der Waals surface area (Å²) < 4.78 is 26.7. The summed E-state index contributed by atoms with van der Waals surface area (Å²) >= 11 is 1.28. The van der Waals surface area contributed by atoms with Gasteiger partial charge in [-0.05, 0) is 31.2 Å². The molecule has 0 saturated carbocycles. The highest BCUT2D eigenvalue weighted by atomic mass is 32.2. The van der Waals surface area contributed by atoms with Gasteiger partial charge in [0.25, 0.3) is 5.91 Å². The van der Waals surface area contributed by atoms with Crippen LogP contribution in [-0.2, 0) is 10.0 Å². The molecule has 1 aliphatic rings. The molecule has 0 spiro atoms. The molecule has 26 heavy (non-hydrogen) atoms. The van der Waals surface area contributed by atoms with Crippen LogP contribution in [0.25, 0.3) is 0 Å². The van der Waals surface area contributed by atoms with Gasteiger partial charge in [-0.3, -0.25) is 4.79 Å². The van der Waals surface area contributed by atoms with Crippen LogP contribution in [0.15, 0.2) is 34.7 Å². The Morgan fingerprint density at radius 1 is 1.12 bits per heavy atom. The maximum atomic E-state index is 12.7. The number of carboxylic acid groups (broad SMARTS) is 1. The van der Waals surface area contributed by atoms with Gasteiger partial charge in [0.2, 0.25) is 10.0 Å². The Bertz CT molecular complexity index is 929. The molecular weight excluding hydrogens is 378 g/mol. The van der Waals surface area contributed by atoms with Crippen molar-refractivity contribution in [2.24, 2.45) is 0 Å². The largest absolute Gasteiger partial charge is 0.478 e. The first-order valence-electron chi connectivity index (χ1n) is 7.83. The van der Waals surface area contributed by atoms with Gasteiger partial charge >= 0.3 is 5.97 Å². The van der Waals surface area contributed by atoms with Gasteiger partial charge in [0.1, 0.15) is 4.88 Å². The molecule has 0 radical (unpaired) electrons. The average molecular weight is 395 g/mol. The number of nitrogens with zero attached hydrogens (tertiary/aromatic N) is 3. The third kappa shape index (κ3) is 3.48. The Kier molecular flexibility index (Phi) is 5.08. The predicted molar refractivity (Wildman–Crippen MR) is 94.9 cm³/mol. The van der Waals surface area contributed by atoms with Gasteiger partial charge in [-0.15, -0.1) is 11.3 Å². The first kappa shape index (κ1) is 18.5. The smallest absolute Gasteiger partial charge is 0.335 e. The lowest BCUT2D eigenvalue weighted by Gasteiger charge is -2.33. The number of hydrogen-bond donors (Lipinski definition) is 1. The van der Waals surface area contributed by atoms with E-state index in [0.717, 1.165) is 0 Å². The highest BCUT2D eigenvalue weighted by molar-refractivity contribution is 7.89. The molecule has 0 unspecified atom stereocenters. The minimum Gasteiger partial charge on any atom is -0.478 e. The number of piperazine rings is 1. The van der Waals surface area contributed by atoms with E-state index in [4.69, 9.17) is 5.11 Å². The summed E-state index contributed by atoms with van der Waals surface area (Å²) in [5, 5.41) is 8.91. The molecule has 3 rings (SSSR count). The van der Waals surface area contributed by atoms with Crippen LogP contribution in [-0.4, -0.2) is 65.8 Å². The lowest BCUT2D eigenvalue weighted by Crippen LogP contribution is -2.50. The molecule has 2 heterocycles. The van der Waals surface area contributed by atoms with Crippen molar-refractivity contribution in [3.63, 3.8) is 0 Å². The second-order valence-corrected chi connectivity index (χ2v) is 8.59. The molecule has 138 valence electrons. The molecule has 1 aromatic carbocycles. The number of carbonyl (C=O) groups excluding carboxylic acids is 1. The number of sulfonamides is 1. The van der Waals surface area contributed by atoms with Crippen LogP contribution in [0.2, 0.25) is 0 Å². The van der Waals surface area contributed by atoms with E-state index < -0.39 is 16.0 Å². The molecule has 1 amide bonds. The molecule has 0 aliphatic carbocycles. The lowest BCUT2D eigenvalue weighted by atomic mass is 10.2. The van der Waals surface area contributed by atoms with Crippen molar-refractivity contribution < 1.29 is 23.1 Å². The third-order valence-corrected chi connectivity index (χ3v) is 7.03. The highest BCUT2D eigenvalue weighted by Gasteiger charge is 2.31. The minimum absolute atomic E-state index is 0.0271. The number of carbonyl (C=O) groups is 2. The fourth-order valence-electron chi connectivity index (χ4n) is 2.70. The van der Waals surface area contributed by atoms with E-state index in [9.17, 15) is 18.0 Å². The third-order valence-electron chi connectivity index (χ3n) is 4.20. The van der Waals surface area contributed by atoms with E-state index in [1.807, 2.05) is 0 Å². The van der Waals surface area contributed by atoms with Crippen LogP contribution >= 0.6 is 11.3 Å². The van der Waals surface area contributed by atoms with E-state index in [1.165, 1.54) is 39.9 Å². The zero-order chi connectivity index (χ0) is 18.9. The Morgan fingerprint density at radius 2 is 1.73 bits per heavy atom. The number of rotatable bonds is 4. The molecule has 1 aromatic heterocycles. The van der Waals surface area contributed by atoms with Crippen molar-refractivity contribution in [1.82, 2.24) is 14.2 Å². The minimum atomic E-state index is -3.72. The van der Waals surface area contributed by atoms with Gasteiger partial charge in [-0.25, -0.2) is 18.2 Å².